The number of nitrogens with zero attached hydrogens (tertiary/aromatic N) is 1. The molecule has 0 bridgehead atoms. The Morgan fingerprint density at radius 2 is 2.15 bits per heavy atom. The van der Waals surface area contributed by atoms with E-state index in [4.69, 9.17) is 16.9 Å². The maximum Gasteiger partial charge on any atom is 0.262 e. The SMILES string of the molecule is N#C/C(=C\c1ccccc1Cl)C(=O)NCc1cccs1. The number of thiophene rings is 1. The summed E-state index contributed by atoms with van der Waals surface area (Å²) in [5.41, 5.74) is 0.687. The molecule has 0 spiro atoms. The van der Waals surface area contributed by atoms with Crippen LogP contribution in [0, 0.1) is 11.3 Å². The summed E-state index contributed by atoms with van der Waals surface area (Å²) in [5.74, 6) is -0.402. The molecule has 1 heterocycles. The first-order valence-electron chi connectivity index (χ1n) is 5.87. The van der Waals surface area contributed by atoms with Crippen molar-refractivity contribution in [2.75, 3.05) is 0 Å². The molecule has 0 saturated carbocycles. The Morgan fingerprint density at radius 3 is 2.80 bits per heavy atom. The highest BCUT2D eigenvalue weighted by molar-refractivity contribution is 7.09. The van der Waals surface area contributed by atoms with Gasteiger partial charge in [0, 0.05) is 9.90 Å². The van der Waals surface area contributed by atoms with Crippen molar-refractivity contribution in [2.45, 2.75) is 6.54 Å². The summed E-state index contributed by atoms with van der Waals surface area (Å²) in [7, 11) is 0. The van der Waals surface area contributed by atoms with E-state index in [1.807, 2.05) is 23.6 Å². The average molecular weight is 303 g/mol. The second-order valence-electron chi connectivity index (χ2n) is 3.95. The van der Waals surface area contributed by atoms with E-state index in [-0.39, 0.29) is 5.57 Å². The Hall–Kier alpha value is -2.09. The van der Waals surface area contributed by atoms with E-state index in [2.05, 4.69) is 5.32 Å². The van der Waals surface area contributed by atoms with Crippen molar-refractivity contribution in [1.29, 1.82) is 5.26 Å². The lowest BCUT2D eigenvalue weighted by Gasteiger charge is -2.03. The van der Waals surface area contributed by atoms with Gasteiger partial charge in [0.2, 0.25) is 0 Å². The maximum absolute atomic E-state index is 11.9. The van der Waals surface area contributed by atoms with E-state index in [0.29, 0.717) is 17.1 Å². The van der Waals surface area contributed by atoms with Crippen molar-refractivity contribution in [3.05, 3.63) is 62.8 Å². The first kappa shape index (κ1) is 14.3. The number of hydrogen-bond acceptors (Lipinski definition) is 3. The van der Waals surface area contributed by atoms with Crippen LogP contribution >= 0.6 is 22.9 Å². The number of rotatable bonds is 4. The quantitative estimate of drug-likeness (QED) is 0.692. The molecule has 0 aliphatic rings. The van der Waals surface area contributed by atoms with Crippen LogP contribution in [0.3, 0.4) is 0 Å². The normalized spacial score (nSPS) is 10.9. The molecule has 100 valence electrons. The third-order valence-electron chi connectivity index (χ3n) is 2.57. The molecule has 20 heavy (non-hydrogen) atoms. The molecule has 2 rings (SSSR count). The Labute approximate surface area is 126 Å². The molecule has 0 aliphatic carbocycles. The molecule has 0 fully saturated rings. The molecular weight excluding hydrogens is 292 g/mol. The summed E-state index contributed by atoms with van der Waals surface area (Å²) in [6.07, 6.45) is 1.49. The highest BCUT2D eigenvalue weighted by Crippen LogP contribution is 2.18. The van der Waals surface area contributed by atoms with Crippen LogP contribution in [0.5, 0.6) is 0 Å². The first-order valence-corrected chi connectivity index (χ1v) is 7.13. The van der Waals surface area contributed by atoms with Gasteiger partial charge in [-0.25, -0.2) is 0 Å². The highest BCUT2D eigenvalue weighted by Gasteiger charge is 2.09. The summed E-state index contributed by atoms with van der Waals surface area (Å²) < 4.78 is 0. The third kappa shape index (κ3) is 3.70. The summed E-state index contributed by atoms with van der Waals surface area (Å²) in [6.45, 7) is 0.415. The zero-order valence-corrected chi connectivity index (χ0v) is 12.0. The molecule has 2 aromatic rings. The number of benzene rings is 1. The number of amides is 1. The molecule has 0 saturated heterocycles. The van der Waals surface area contributed by atoms with Crippen LogP contribution in [0.1, 0.15) is 10.4 Å². The number of nitrogens with one attached hydrogen (secondary N) is 1. The first-order chi connectivity index (χ1) is 9.70. The molecular formula is C15H11ClN2OS. The van der Waals surface area contributed by atoms with Gasteiger partial charge in [-0.15, -0.1) is 11.3 Å². The molecule has 3 nitrogen and oxygen atoms in total. The van der Waals surface area contributed by atoms with Gasteiger partial charge in [-0.2, -0.15) is 5.26 Å². The van der Waals surface area contributed by atoms with Crippen molar-refractivity contribution in [3.63, 3.8) is 0 Å². The van der Waals surface area contributed by atoms with Gasteiger partial charge in [-0.05, 0) is 29.2 Å². The fraction of sp³-hybridized carbons (Fsp3) is 0.0667. The van der Waals surface area contributed by atoms with Crippen molar-refractivity contribution in [2.24, 2.45) is 0 Å². The summed E-state index contributed by atoms with van der Waals surface area (Å²) >= 11 is 7.56. The summed E-state index contributed by atoms with van der Waals surface area (Å²) in [4.78, 5) is 13.0. The average Bonchev–Trinajstić information content (AvgIpc) is 2.97. The van der Waals surface area contributed by atoms with Gasteiger partial charge in [-0.3, -0.25) is 4.79 Å². The van der Waals surface area contributed by atoms with Gasteiger partial charge in [0.25, 0.3) is 5.91 Å². The van der Waals surface area contributed by atoms with Gasteiger partial charge in [-0.1, -0.05) is 35.9 Å². The largest absolute Gasteiger partial charge is 0.347 e. The van der Waals surface area contributed by atoms with Crippen molar-refractivity contribution in [1.82, 2.24) is 5.32 Å². The minimum absolute atomic E-state index is 0.0367. The van der Waals surface area contributed by atoms with E-state index >= 15 is 0 Å². The van der Waals surface area contributed by atoms with Crippen LogP contribution in [-0.2, 0) is 11.3 Å². The second kappa shape index (κ2) is 6.90. The van der Waals surface area contributed by atoms with Crippen LogP contribution in [0.2, 0.25) is 5.02 Å². The van der Waals surface area contributed by atoms with E-state index in [9.17, 15) is 4.79 Å². The number of carbonyl (C=O) groups is 1. The second-order valence-corrected chi connectivity index (χ2v) is 5.39. The molecule has 1 aromatic heterocycles. The fourth-order valence-electron chi connectivity index (χ4n) is 1.57. The molecule has 1 amide bonds. The zero-order chi connectivity index (χ0) is 14.4. The lowest BCUT2D eigenvalue weighted by molar-refractivity contribution is -0.117. The zero-order valence-electron chi connectivity index (χ0n) is 10.5. The topological polar surface area (TPSA) is 52.9 Å². The van der Waals surface area contributed by atoms with Crippen LogP contribution in [0.4, 0.5) is 0 Å². The molecule has 5 heteroatoms. The maximum atomic E-state index is 11.9. The molecule has 1 N–H and O–H groups in total. The minimum Gasteiger partial charge on any atom is -0.347 e. The lowest BCUT2D eigenvalue weighted by Crippen LogP contribution is -2.23. The van der Waals surface area contributed by atoms with Crippen LogP contribution in [-0.4, -0.2) is 5.91 Å². The van der Waals surface area contributed by atoms with E-state index in [0.717, 1.165) is 4.88 Å². The van der Waals surface area contributed by atoms with Gasteiger partial charge in [0.05, 0.1) is 6.54 Å². The Balaban J connectivity index is 2.10. The van der Waals surface area contributed by atoms with Crippen molar-refractivity contribution >= 4 is 34.9 Å². The third-order valence-corrected chi connectivity index (χ3v) is 3.79. The Morgan fingerprint density at radius 1 is 1.35 bits per heavy atom. The van der Waals surface area contributed by atoms with Crippen molar-refractivity contribution < 1.29 is 4.79 Å². The molecule has 0 atom stereocenters. The van der Waals surface area contributed by atoms with E-state index in [1.54, 1.807) is 35.6 Å². The summed E-state index contributed by atoms with van der Waals surface area (Å²) in [6, 6.07) is 12.8. The smallest absolute Gasteiger partial charge is 0.262 e. The van der Waals surface area contributed by atoms with Crippen LogP contribution < -0.4 is 5.32 Å². The minimum atomic E-state index is -0.402. The fourth-order valence-corrected chi connectivity index (χ4v) is 2.41. The predicted octanol–water partition coefficient (Wildman–Crippen LogP) is 3.62. The van der Waals surface area contributed by atoms with Crippen LogP contribution in [0.25, 0.3) is 6.08 Å². The number of hydrogen-bond donors (Lipinski definition) is 1. The predicted molar refractivity (Wildman–Crippen MR) is 81.2 cm³/mol. The number of halogens is 1. The standard InChI is InChI=1S/C15H11ClN2OS/c16-14-6-2-1-4-11(14)8-12(9-17)15(19)18-10-13-5-3-7-20-13/h1-8H,10H2,(H,18,19)/b12-8+. The van der Waals surface area contributed by atoms with Crippen LogP contribution in [0.15, 0.2) is 47.4 Å². The molecule has 0 unspecified atom stereocenters. The monoisotopic (exact) mass is 302 g/mol. The number of nitriles is 1. The van der Waals surface area contributed by atoms with E-state index in [1.165, 1.54) is 6.08 Å². The number of carbonyl (C=O) groups excluding carboxylic acids is 1. The lowest BCUT2D eigenvalue weighted by atomic mass is 10.1. The molecule has 0 radical (unpaired) electrons. The van der Waals surface area contributed by atoms with Gasteiger partial charge in [0.1, 0.15) is 11.6 Å². The van der Waals surface area contributed by atoms with E-state index < -0.39 is 5.91 Å². The molecule has 1 aromatic carbocycles. The van der Waals surface area contributed by atoms with Crippen molar-refractivity contribution in [3.8, 4) is 6.07 Å². The van der Waals surface area contributed by atoms with Gasteiger partial charge >= 0.3 is 0 Å². The Bertz CT molecular complexity index is 671. The van der Waals surface area contributed by atoms with Gasteiger partial charge < -0.3 is 5.32 Å². The van der Waals surface area contributed by atoms with Gasteiger partial charge in [0.15, 0.2) is 0 Å². The Kier molecular flexibility index (Phi) is 4.94. The molecule has 0 aliphatic heterocycles. The summed E-state index contributed by atoms with van der Waals surface area (Å²) in [5, 5.41) is 14.2. The highest BCUT2D eigenvalue weighted by atomic mass is 35.5.